The lowest BCUT2D eigenvalue weighted by Crippen LogP contribution is -2.23. The molecule has 0 aliphatic heterocycles. The van der Waals surface area contributed by atoms with Crippen LogP contribution in [0.25, 0.3) is 0 Å². The molecule has 0 atom stereocenters. The molecular weight excluding hydrogens is 302 g/mol. The van der Waals surface area contributed by atoms with Crippen LogP contribution >= 0.6 is 11.3 Å². The van der Waals surface area contributed by atoms with E-state index < -0.39 is 5.97 Å². The number of rotatable bonds is 6. The van der Waals surface area contributed by atoms with Crippen molar-refractivity contribution in [3.63, 3.8) is 0 Å². The molecule has 0 aliphatic carbocycles. The molecule has 1 aromatic heterocycles. The highest BCUT2D eigenvalue weighted by atomic mass is 32.1. The number of thiazole rings is 1. The maximum Gasteiger partial charge on any atom is 0.228 e. The van der Waals surface area contributed by atoms with Gasteiger partial charge < -0.3 is 14.6 Å². The second-order valence-electron chi connectivity index (χ2n) is 5.21. The number of hydrogen-bond donors (Lipinski definition) is 0. The summed E-state index contributed by atoms with van der Waals surface area (Å²) in [6, 6.07) is 5.69. The number of carbonyl (C=O) groups is 2. The molecule has 0 aliphatic rings. The normalized spacial score (nSPS) is 10.7. The van der Waals surface area contributed by atoms with Crippen LogP contribution < -0.4 is 9.84 Å². The lowest BCUT2D eigenvalue weighted by Gasteiger charge is -2.11. The predicted octanol–water partition coefficient (Wildman–Crippen LogP) is 2.20. The van der Waals surface area contributed by atoms with Crippen molar-refractivity contribution < 1.29 is 19.4 Å². The number of aromatic nitrogens is 1. The number of Topliss-reactive ketones (excluding diaryl/α,β-unsaturated/α-hetero) is 1. The molecule has 6 heteroatoms. The molecule has 0 radical (unpaired) electrons. The molecular formula is C16H16NO4S-. The van der Waals surface area contributed by atoms with E-state index in [1.165, 1.54) is 10.9 Å². The molecule has 0 amide bonds. The van der Waals surface area contributed by atoms with Crippen LogP contribution in [-0.4, -0.2) is 23.3 Å². The first-order valence-electron chi connectivity index (χ1n) is 6.82. The molecule has 0 unspecified atom stereocenters. The molecule has 116 valence electrons. The largest absolute Gasteiger partial charge is 0.543 e. The maximum atomic E-state index is 11.9. The first kappa shape index (κ1) is 16.2. The third-order valence-corrected chi connectivity index (χ3v) is 4.07. The topological polar surface area (TPSA) is 79.3 Å². The quantitative estimate of drug-likeness (QED) is 0.763. The van der Waals surface area contributed by atoms with Gasteiger partial charge in [-0.2, -0.15) is 0 Å². The summed E-state index contributed by atoms with van der Waals surface area (Å²) in [7, 11) is 0. The molecule has 1 heterocycles. The van der Waals surface area contributed by atoms with E-state index in [9.17, 15) is 14.7 Å². The van der Waals surface area contributed by atoms with Crippen LogP contribution in [0.4, 0.5) is 0 Å². The standard InChI is InChI=1S/C16H17NO4S/c1-9(2)12-5-4-11(6-10(12)3)21-7-14(18)15-17-13(8-22-15)16(19)20/h4-6,8-9H,7H2,1-3H3,(H,19,20)/p-1. The Balaban J connectivity index is 2.01. The van der Waals surface area contributed by atoms with Crippen molar-refractivity contribution in [1.29, 1.82) is 0 Å². The van der Waals surface area contributed by atoms with Gasteiger partial charge in [0.1, 0.15) is 5.75 Å². The fourth-order valence-corrected chi connectivity index (χ4v) is 2.81. The average molecular weight is 318 g/mol. The number of ether oxygens (including phenoxy) is 1. The van der Waals surface area contributed by atoms with Crippen molar-refractivity contribution in [3.8, 4) is 5.75 Å². The Kier molecular flexibility index (Phi) is 4.92. The van der Waals surface area contributed by atoms with Crippen LogP contribution in [-0.2, 0) is 0 Å². The van der Waals surface area contributed by atoms with E-state index in [2.05, 4.69) is 18.8 Å². The summed E-state index contributed by atoms with van der Waals surface area (Å²) in [5.74, 6) is -0.722. The van der Waals surface area contributed by atoms with Crippen molar-refractivity contribution >= 4 is 23.1 Å². The molecule has 5 nitrogen and oxygen atoms in total. The van der Waals surface area contributed by atoms with E-state index in [1.54, 1.807) is 0 Å². The average Bonchev–Trinajstić information content (AvgIpc) is 2.94. The van der Waals surface area contributed by atoms with Crippen LogP contribution in [0.1, 0.15) is 51.2 Å². The van der Waals surface area contributed by atoms with Crippen LogP contribution in [0.5, 0.6) is 5.75 Å². The molecule has 0 saturated carbocycles. The highest BCUT2D eigenvalue weighted by molar-refractivity contribution is 7.11. The number of aromatic carboxylic acids is 1. The number of benzene rings is 1. The fraction of sp³-hybridized carbons (Fsp3) is 0.312. The van der Waals surface area contributed by atoms with Gasteiger partial charge in [0.25, 0.3) is 0 Å². The molecule has 0 bridgehead atoms. The highest BCUT2D eigenvalue weighted by Gasteiger charge is 2.13. The number of carboxylic acid groups (broad SMARTS) is 1. The number of nitrogens with zero attached hydrogens (tertiary/aromatic N) is 1. The monoisotopic (exact) mass is 318 g/mol. The Hall–Kier alpha value is -2.21. The molecule has 22 heavy (non-hydrogen) atoms. The molecule has 0 saturated heterocycles. The summed E-state index contributed by atoms with van der Waals surface area (Å²) in [6.07, 6.45) is 0. The third-order valence-electron chi connectivity index (χ3n) is 3.19. The summed E-state index contributed by atoms with van der Waals surface area (Å²) < 4.78 is 5.46. The third kappa shape index (κ3) is 3.71. The van der Waals surface area contributed by atoms with Crippen molar-refractivity contribution in [1.82, 2.24) is 4.98 Å². The van der Waals surface area contributed by atoms with Crippen LogP contribution in [0.15, 0.2) is 23.6 Å². The van der Waals surface area contributed by atoms with Gasteiger partial charge in [-0.15, -0.1) is 11.3 Å². The van der Waals surface area contributed by atoms with Crippen LogP contribution in [0.2, 0.25) is 0 Å². The van der Waals surface area contributed by atoms with Gasteiger partial charge >= 0.3 is 0 Å². The van der Waals surface area contributed by atoms with E-state index in [-0.39, 0.29) is 23.1 Å². The van der Waals surface area contributed by atoms with Gasteiger partial charge in [0.15, 0.2) is 11.6 Å². The second kappa shape index (κ2) is 6.70. The van der Waals surface area contributed by atoms with E-state index >= 15 is 0 Å². The fourth-order valence-electron chi connectivity index (χ4n) is 2.09. The van der Waals surface area contributed by atoms with Gasteiger partial charge in [-0.25, -0.2) is 4.98 Å². The highest BCUT2D eigenvalue weighted by Crippen LogP contribution is 2.23. The lowest BCUT2D eigenvalue weighted by atomic mass is 9.98. The van der Waals surface area contributed by atoms with Crippen molar-refractivity contribution in [3.05, 3.63) is 45.4 Å². The molecule has 0 spiro atoms. The van der Waals surface area contributed by atoms with Gasteiger partial charge in [-0.1, -0.05) is 19.9 Å². The number of carboxylic acids is 1. The van der Waals surface area contributed by atoms with Crippen molar-refractivity contribution in [2.24, 2.45) is 0 Å². The van der Waals surface area contributed by atoms with Crippen LogP contribution in [0.3, 0.4) is 0 Å². The van der Waals surface area contributed by atoms with Crippen molar-refractivity contribution in [2.45, 2.75) is 26.7 Å². The Morgan fingerprint density at radius 2 is 2.09 bits per heavy atom. The summed E-state index contributed by atoms with van der Waals surface area (Å²) in [5, 5.41) is 12.0. The van der Waals surface area contributed by atoms with Gasteiger partial charge in [0.2, 0.25) is 5.78 Å². The van der Waals surface area contributed by atoms with E-state index in [4.69, 9.17) is 4.74 Å². The SMILES string of the molecule is Cc1cc(OCC(=O)c2nc(C(=O)[O-])cs2)ccc1C(C)C. The van der Waals surface area contributed by atoms with Gasteiger partial charge in [0.05, 0.1) is 11.7 Å². The number of hydrogen-bond acceptors (Lipinski definition) is 6. The summed E-state index contributed by atoms with van der Waals surface area (Å²) in [6.45, 7) is 6.05. The molecule has 1 aromatic carbocycles. The number of aryl methyl sites for hydroxylation is 1. The zero-order valence-corrected chi connectivity index (χ0v) is 13.4. The Bertz CT molecular complexity index is 706. The zero-order chi connectivity index (χ0) is 16.3. The predicted molar refractivity (Wildman–Crippen MR) is 81.5 cm³/mol. The minimum atomic E-state index is -1.39. The van der Waals surface area contributed by atoms with Crippen LogP contribution in [0, 0.1) is 6.92 Å². The Morgan fingerprint density at radius 3 is 2.64 bits per heavy atom. The summed E-state index contributed by atoms with van der Waals surface area (Å²) >= 11 is 0.969. The Labute approximate surface area is 132 Å². The minimum absolute atomic E-state index is 0.106. The van der Waals surface area contributed by atoms with Crippen molar-refractivity contribution in [2.75, 3.05) is 6.61 Å². The molecule has 0 N–H and O–H groups in total. The van der Waals surface area contributed by atoms with E-state index in [1.807, 2.05) is 25.1 Å². The van der Waals surface area contributed by atoms with E-state index in [0.29, 0.717) is 11.7 Å². The minimum Gasteiger partial charge on any atom is -0.543 e. The summed E-state index contributed by atoms with van der Waals surface area (Å²) in [5.41, 5.74) is 2.11. The molecule has 0 fully saturated rings. The molecule has 2 rings (SSSR count). The van der Waals surface area contributed by atoms with Gasteiger partial charge in [-0.05, 0) is 36.1 Å². The van der Waals surface area contributed by atoms with Gasteiger partial charge in [-0.3, -0.25) is 4.79 Å². The zero-order valence-electron chi connectivity index (χ0n) is 12.6. The second-order valence-corrected chi connectivity index (χ2v) is 6.07. The van der Waals surface area contributed by atoms with Gasteiger partial charge in [0, 0.05) is 5.38 Å². The first-order valence-corrected chi connectivity index (χ1v) is 7.70. The maximum absolute atomic E-state index is 11.9. The number of carbonyl (C=O) groups excluding carboxylic acids is 2. The smallest absolute Gasteiger partial charge is 0.228 e. The lowest BCUT2D eigenvalue weighted by molar-refractivity contribution is -0.255. The first-order chi connectivity index (χ1) is 10.4. The summed E-state index contributed by atoms with van der Waals surface area (Å²) in [4.78, 5) is 26.3. The molecule has 2 aromatic rings. The van der Waals surface area contributed by atoms with E-state index in [0.717, 1.165) is 16.9 Å². The Morgan fingerprint density at radius 1 is 1.36 bits per heavy atom. The number of ketones is 1.